The number of nitrogens with zero attached hydrogens (tertiary/aromatic N) is 3. The van der Waals surface area contributed by atoms with Crippen molar-refractivity contribution >= 4 is 17.5 Å². The van der Waals surface area contributed by atoms with Crippen LogP contribution in [0.25, 0.3) is 0 Å². The van der Waals surface area contributed by atoms with Crippen LogP contribution in [0.5, 0.6) is 5.75 Å². The summed E-state index contributed by atoms with van der Waals surface area (Å²) in [4.78, 5) is 23.0. The summed E-state index contributed by atoms with van der Waals surface area (Å²) in [5.41, 5.74) is 1.14. The lowest BCUT2D eigenvalue weighted by molar-refractivity contribution is 0.0734. The van der Waals surface area contributed by atoms with E-state index in [0.717, 1.165) is 11.3 Å². The molecule has 5 nitrogen and oxygen atoms in total. The molecule has 2 aromatic rings. The van der Waals surface area contributed by atoms with Gasteiger partial charge in [0.25, 0.3) is 5.91 Å². The van der Waals surface area contributed by atoms with Crippen LogP contribution in [0.15, 0.2) is 30.5 Å². The zero-order valence-corrected chi connectivity index (χ0v) is 15.3. The Morgan fingerprint density at radius 2 is 1.92 bits per heavy atom. The number of halogens is 1. The van der Waals surface area contributed by atoms with Gasteiger partial charge in [0.2, 0.25) is 0 Å². The molecule has 0 radical (unpaired) electrons. The summed E-state index contributed by atoms with van der Waals surface area (Å²) in [7, 11) is 3.34. The van der Waals surface area contributed by atoms with Crippen molar-refractivity contribution in [2.24, 2.45) is 0 Å². The molecule has 1 heterocycles. The predicted octanol–water partition coefficient (Wildman–Crippen LogP) is 4.10. The van der Waals surface area contributed by atoms with Crippen molar-refractivity contribution in [3.63, 3.8) is 0 Å². The lowest BCUT2D eigenvalue weighted by atomic mass is 10.1. The van der Waals surface area contributed by atoms with Crippen LogP contribution in [0.1, 0.15) is 54.6 Å². The number of hydrogen-bond acceptors (Lipinski definition) is 4. The molecule has 0 aliphatic carbocycles. The normalized spacial score (nSPS) is 12.1. The van der Waals surface area contributed by atoms with E-state index in [2.05, 4.69) is 9.97 Å². The van der Waals surface area contributed by atoms with Crippen LogP contribution in [0, 0.1) is 0 Å². The first kappa shape index (κ1) is 18.2. The molecule has 0 aliphatic heterocycles. The van der Waals surface area contributed by atoms with Crippen LogP contribution >= 0.6 is 11.6 Å². The largest absolute Gasteiger partial charge is 0.496 e. The highest BCUT2D eigenvalue weighted by Crippen LogP contribution is 2.29. The van der Waals surface area contributed by atoms with Crippen molar-refractivity contribution in [3.05, 3.63) is 52.6 Å². The number of methoxy groups -OCH3 is 1. The summed E-state index contributed by atoms with van der Waals surface area (Å²) in [5.74, 6) is 1.20. The molecule has 128 valence electrons. The van der Waals surface area contributed by atoms with Gasteiger partial charge in [0, 0.05) is 18.5 Å². The maximum Gasteiger partial charge on any atom is 0.274 e. The third-order valence-electron chi connectivity index (χ3n) is 3.97. The quantitative estimate of drug-likeness (QED) is 0.817. The maximum atomic E-state index is 12.9. The molecule has 1 amide bonds. The molecule has 0 saturated carbocycles. The Balaban J connectivity index is 2.34. The Kier molecular flexibility index (Phi) is 5.78. The average molecular weight is 348 g/mol. The summed E-state index contributed by atoms with van der Waals surface area (Å²) >= 11 is 6.15. The van der Waals surface area contributed by atoms with E-state index in [1.807, 2.05) is 45.0 Å². The summed E-state index contributed by atoms with van der Waals surface area (Å²) < 4.78 is 5.39. The van der Waals surface area contributed by atoms with Crippen LogP contribution < -0.4 is 4.74 Å². The van der Waals surface area contributed by atoms with Crippen LogP contribution in [0.2, 0.25) is 5.02 Å². The highest BCUT2D eigenvalue weighted by molar-refractivity contribution is 6.33. The van der Waals surface area contributed by atoms with E-state index in [1.165, 1.54) is 6.20 Å². The Morgan fingerprint density at radius 1 is 1.25 bits per heavy atom. The predicted molar refractivity (Wildman–Crippen MR) is 94.6 cm³/mol. The molecule has 2 rings (SSSR count). The second-order valence-electron chi connectivity index (χ2n) is 5.91. The van der Waals surface area contributed by atoms with Gasteiger partial charge in [0.15, 0.2) is 5.69 Å². The zero-order chi connectivity index (χ0) is 17.9. The van der Waals surface area contributed by atoms with Gasteiger partial charge in [-0.1, -0.05) is 43.6 Å². The second kappa shape index (κ2) is 7.62. The summed E-state index contributed by atoms with van der Waals surface area (Å²) in [5, 5.41) is 0.253. The first-order valence-corrected chi connectivity index (χ1v) is 8.17. The number of rotatable bonds is 5. The Morgan fingerprint density at radius 3 is 2.54 bits per heavy atom. The first-order valence-electron chi connectivity index (χ1n) is 7.79. The van der Waals surface area contributed by atoms with Crippen molar-refractivity contribution in [2.45, 2.75) is 32.7 Å². The standard InChI is InChI=1S/C18H22ClN3O2/c1-11(2)17-20-10-14(19)16(21-17)18(23)22(4)12(3)13-8-6-7-9-15(13)24-5/h6-12H,1-5H3. The molecule has 1 unspecified atom stereocenters. The third kappa shape index (κ3) is 3.67. The fourth-order valence-electron chi connectivity index (χ4n) is 2.37. The molecular weight excluding hydrogens is 326 g/mol. The van der Waals surface area contributed by atoms with Gasteiger partial charge in [0.05, 0.1) is 24.4 Å². The van der Waals surface area contributed by atoms with E-state index in [4.69, 9.17) is 16.3 Å². The van der Waals surface area contributed by atoms with E-state index in [-0.39, 0.29) is 28.6 Å². The van der Waals surface area contributed by atoms with Gasteiger partial charge in [0.1, 0.15) is 11.6 Å². The minimum atomic E-state index is -0.247. The molecule has 1 aromatic carbocycles. The van der Waals surface area contributed by atoms with Gasteiger partial charge in [-0.2, -0.15) is 0 Å². The molecule has 0 aliphatic rings. The average Bonchev–Trinajstić information content (AvgIpc) is 2.59. The number of benzene rings is 1. The molecule has 0 fully saturated rings. The number of hydrogen-bond donors (Lipinski definition) is 0. The number of amides is 1. The molecule has 1 aromatic heterocycles. The Labute approximate surface area is 147 Å². The molecule has 6 heteroatoms. The van der Waals surface area contributed by atoms with Crippen molar-refractivity contribution in [1.82, 2.24) is 14.9 Å². The highest BCUT2D eigenvalue weighted by atomic mass is 35.5. The van der Waals surface area contributed by atoms with E-state index in [9.17, 15) is 4.79 Å². The molecule has 0 N–H and O–H groups in total. The van der Waals surface area contributed by atoms with Crippen molar-refractivity contribution in [1.29, 1.82) is 0 Å². The minimum Gasteiger partial charge on any atom is -0.496 e. The second-order valence-corrected chi connectivity index (χ2v) is 6.32. The lowest BCUT2D eigenvalue weighted by Crippen LogP contribution is -2.31. The fraction of sp³-hybridized carbons (Fsp3) is 0.389. The highest BCUT2D eigenvalue weighted by Gasteiger charge is 2.25. The van der Waals surface area contributed by atoms with Crippen LogP contribution in [0.4, 0.5) is 0 Å². The molecular formula is C18H22ClN3O2. The first-order chi connectivity index (χ1) is 11.4. The van der Waals surface area contributed by atoms with Gasteiger partial charge >= 0.3 is 0 Å². The van der Waals surface area contributed by atoms with Crippen LogP contribution in [0.3, 0.4) is 0 Å². The van der Waals surface area contributed by atoms with E-state index in [0.29, 0.717) is 5.82 Å². The van der Waals surface area contributed by atoms with Gasteiger partial charge in [-0.15, -0.1) is 0 Å². The van der Waals surface area contributed by atoms with Crippen molar-refractivity contribution in [2.75, 3.05) is 14.2 Å². The van der Waals surface area contributed by atoms with E-state index in [1.54, 1.807) is 19.1 Å². The Hall–Kier alpha value is -2.14. The van der Waals surface area contributed by atoms with Gasteiger partial charge in [-0.3, -0.25) is 4.79 Å². The Bertz CT molecular complexity index is 734. The van der Waals surface area contributed by atoms with Gasteiger partial charge in [-0.25, -0.2) is 9.97 Å². The van der Waals surface area contributed by atoms with Crippen LogP contribution in [-0.4, -0.2) is 34.9 Å². The molecule has 0 saturated heterocycles. The molecule has 24 heavy (non-hydrogen) atoms. The molecule has 0 spiro atoms. The van der Waals surface area contributed by atoms with Crippen molar-refractivity contribution in [3.8, 4) is 5.75 Å². The monoisotopic (exact) mass is 347 g/mol. The summed E-state index contributed by atoms with van der Waals surface area (Å²) in [6.45, 7) is 5.88. The summed E-state index contributed by atoms with van der Waals surface area (Å²) in [6, 6.07) is 7.43. The third-order valence-corrected chi connectivity index (χ3v) is 4.25. The smallest absolute Gasteiger partial charge is 0.274 e. The number of ether oxygens (including phenoxy) is 1. The maximum absolute atomic E-state index is 12.9. The van der Waals surface area contributed by atoms with Gasteiger partial charge < -0.3 is 9.64 Å². The van der Waals surface area contributed by atoms with Gasteiger partial charge in [-0.05, 0) is 13.0 Å². The van der Waals surface area contributed by atoms with E-state index >= 15 is 0 Å². The molecule has 1 atom stereocenters. The number of carbonyl (C=O) groups is 1. The number of para-hydroxylation sites is 1. The summed E-state index contributed by atoms with van der Waals surface area (Å²) in [6.07, 6.45) is 1.48. The van der Waals surface area contributed by atoms with E-state index < -0.39 is 0 Å². The topological polar surface area (TPSA) is 55.3 Å². The van der Waals surface area contributed by atoms with Crippen LogP contribution in [-0.2, 0) is 0 Å². The minimum absolute atomic E-state index is 0.116. The fourth-order valence-corrected chi connectivity index (χ4v) is 2.54. The molecule has 0 bridgehead atoms. The number of aromatic nitrogens is 2. The SMILES string of the molecule is COc1ccccc1C(C)N(C)C(=O)c1nc(C(C)C)ncc1Cl. The lowest BCUT2D eigenvalue weighted by Gasteiger charge is -2.26. The zero-order valence-electron chi connectivity index (χ0n) is 14.6. The number of carbonyl (C=O) groups excluding carboxylic acids is 1. The van der Waals surface area contributed by atoms with Crippen molar-refractivity contribution < 1.29 is 9.53 Å².